The number of aliphatic imine (C=N–C) groups is 1. The second kappa shape index (κ2) is 12.7. The molecule has 1 aliphatic heterocycles. The number of hydrogen-bond acceptors (Lipinski definition) is 3. The van der Waals surface area contributed by atoms with Crippen LogP contribution in [0.2, 0.25) is 0 Å². The van der Waals surface area contributed by atoms with Gasteiger partial charge >= 0.3 is 6.09 Å². The van der Waals surface area contributed by atoms with Gasteiger partial charge in [-0.15, -0.1) is 24.0 Å². The van der Waals surface area contributed by atoms with E-state index in [1.165, 1.54) is 18.2 Å². The average Bonchev–Trinajstić information content (AvgIpc) is 2.65. The number of ether oxygens (including phenoxy) is 1. The summed E-state index contributed by atoms with van der Waals surface area (Å²) in [5, 5.41) is 6.48. The average molecular weight is 510 g/mol. The van der Waals surface area contributed by atoms with Crippen LogP contribution in [0.15, 0.2) is 23.2 Å². The number of guanidine groups is 1. The Morgan fingerprint density at radius 3 is 2.46 bits per heavy atom. The summed E-state index contributed by atoms with van der Waals surface area (Å²) >= 11 is 0. The van der Waals surface area contributed by atoms with Crippen LogP contribution in [-0.2, 0) is 11.2 Å². The molecule has 1 aliphatic rings. The molecule has 1 amide bonds. The van der Waals surface area contributed by atoms with Gasteiger partial charge in [0.2, 0.25) is 0 Å². The standard InChI is InChI=1S/C19H28F2N4O2.HI/c1-3-22-18(23-11-8-15-16(20)6-5-7-17(15)21)24-14-9-12-25(13-10-14)19(26)27-4-2;/h5-7,14H,3-4,8-13H2,1-2H3,(H2,22,23,24);1H. The van der Waals surface area contributed by atoms with Gasteiger partial charge < -0.3 is 20.3 Å². The van der Waals surface area contributed by atoms with E-state index in [-0.39, 0.29) is 54.6 Å². The first kappa shape index (κ1) is 24.4. The van der Waals surface area contributed by atoms with E-state index >= 15 is 0 Å². The molecule has 0 bridgehead atoms. The van der Waals surface area contributed by atoms with Crippen LogP contribution in [0.1, 0.15) is 32.3 Å². The van der Waals surface area contributed by atoms with Crippen molar-refractivity contribution in [3.8, 4) is 0 Å². The lowest BCUT2D eigenvalue weighted by atomic mass is 10.1. The molecular formula is C19H29F2IN4O2. The van der Waals surface area contributed by atoms with Gasteiger partial charge in [0, 0.05) is 37.8 Å². The minimum Gasteiger partial charge on any atom is -0.450 e. The van der Waals surface area contributed by atoms with Crippen molar-refractivity contribution in [3.63, 3.8) is 0 Å². The van der Waals surface area contributed by atoms with Gasteiger partial charge in [-0.1, -0.05) is 6.07 Å². The third-order valence-electron chi connectivity index (χ3n) is 4.40. The fraction of sp³-hybridized carbons (Fsp3) is 0.579. The van der Waals surface area contributed by atoms with E-state index in [0.717, 1.165) is 12.8 Å². The topological polar surface area (TPSA) is 66.0 Å². The predicted molar refractivity (Wildman–Crippen MR) is 116 cm³/mol. The SMILES string of the molecule is CCNC(=NCCc1c(F)cccc1F)NC1CCN(C(=O)OCC)CC1.I. The Morgan fingerprint density at radius 1 is 1.25 bits per heavy atom. The van der Waals surface area contributed by atoms with Gasteiger partial charge in [-0.3, -0.25) is 4.99 Å². The largest absolute Gasteiger partial charge is 0.450 e. The number of nitrogens with one attached hydrogen (secondary N) is 2. The van der Waals surface area contributed by atoms with Crippen LogP contribution in [-0.4, -0.2) is 55.8 Å². The molecule has 0 spiro atoms. The first-order valence-corrected chi connectivity index (χ1v) is 9.44. The van der Waals surface area contributed by atoms with E-state index in [2.05, 4.69) is 15.6 Å². The molecule has 0 radical (unpaired) electrons. The molecule has 0 aromatic heterocycles. The monoisotopic (exact) mass is 510 g/mol. The zero-order valence-corrected chi connectivity index (χ0v) is 18.7. The summed E-state index contributed by atoms with van der Waals surface area (Å²) in [4.78, 5) is 17.9. The molecule has 1 heterocycles. The van der Waals surface area contributed by atoms with Crippen molar-refractivity contribution < 1.29 is 18.3 Å². The molecule has 28 heavy (non-hydrogen) atoms. The molecular weight excluding hydrogens is 481 g/mol. The van der Waals surface area contributed by atoms with E-state index in [1.807, 2.05) is 6.92 Å². The molecule has 1 fully saturated rings. The maximum absolute atomic E-state index is 13.7. The number of nitrogens with zero attached hydrogens (tertiary/aromatic N) is 2. The quantitative estimate of drug-likeness (QED) is 0.350. The van der Waals surface area contributed by atoms with E-state index in [4.69, 9.17) is 4.74 Å². The number of benzene rings is 1. The molecule has 2 rings (SSSR count). The van der Waals surface area contributed by atoms with Crippen LogP contribution in [0.5, 0.6) is 0 Å². The Hall–Kier alpha value is -1.65. The lowest BCUT2D eigenvalue weighted by molar-refractivity contribution is 0.0963. The van der Waals surface area contributed by atoms with Crippen molar-refractivity contribution in [2.24, 2.45) is 4.99 Å². The normalized spacial score (nSPS) is 15.0. The number of likely N-dealkylation sites (tertiary alicyclic amines) is 1. The predicted octanol–water partition coefficient (Wildman–Crippen LogP) is 3.30. The molecule has 9 heteroatoms. The van der Waals surface area contributed by atoms with Gasteiger partial charge in [0.15, 0.2) is 5.96 Å². The Labute approximate surface area is 182 Å². The van der Waals surface area contributed by atoms with Crippen LogP contribution in [0.3, 0.4) is 0 Å². The van der Waals surface area contributed by atoms with Gasteiger partial charge in [0.05, 0.1) is 6.61 Å². The fourth-order valence-corrected chi connectivity index (χ4v) is 2.99. The van der Waals surface area contributed by atoms with Crippen LogP contribution in [0.25, 0.3) is 0 Å². The highest BCUT2D eigenvalue weighted by atomic mass is 127. The van der Waals surface area contributed by atoms with E-state index in [9.17, 15) is 13.6 Å². The number of carbonyl (C=O) groups is 1. The Morgan fingerprint density at radius 2 is 1.89 bits per heavy atom. The maximum atomic E-state index is 13.7. The summed E-state index contributed by atoms with van der Waals surface area (Å²) in [6.45, 7) is 6.32. The number of amides is 1. The molecule has 6 nitrogen and oxygen atoms in total. The smallest absolute Gasteiger partial charge is 0.409 e. The zero-order chi connectivity index (χ0) is 19.6. The van der Waals surface area contributed by atoms with Gasteiger partial charge in [-0.05, 0) is 45.2 Å². The molecule has 0 unspecified atom stereocenters. The van der Waals surface area contributed by atoms with Gasteiger partial charge in [-0.25, -0.2) is 13.6 Å². The minimum atomic E-state index is -0.547. The van der Waals surface area contributed by atoms with Crippen molar-refractivity contribution in [3.05, 3.63) is 35.4 Å². The highest BCUT2D eigenvalue weighted by molar-refractivity contribution is 14.0. The molecule has 2 N–H and O–H groups in total. The molecule has 1 aromatic carbocycles. The first-order valence-electron chi connectivity index (χ1n) is 9.44. The number of rotatable bonds is 6. The summed E-state index contributed by atoms with van der Waals surface area (Å²) in [5.41, 5.74) is 0.0554. The fourth-order valence-electron chi connectivity index (χ4n) is 2.99. The third kappa shape index (κ3) is 7.40. The molecule has 1 saturated heterocycles. The van der Waals surface area contributed by atoms with Crippen LogP contribution in [0.4, 0.5) is 13.6 Å². The lowest BCUT2D eigenvalue weighted by Gasteiger charge is -2.32. The number of carbonyl (C=O) groups excluding carboxylic acids is 1. The summed E-state index contributed by atoms with van der Waals surface area (Å²) in [7, 11) is 0. The minimum absolute atomic E-state index is 0. The van der Waals surface area contributed by atoms with Gasteiger partial charge in [0.1, 0.15) is 11.6 Å². The van der Waals surface area contributed by atoms with Crippen LogP contribution >= 0.6 is 24.0 Å². The van der Waals surface area contributed by atoms with Crippen molar-refractivity contribution >= 4 is 36.0 Å². The molecule has 0 atom stereocenters. The van der Waals surface area contributed by atoms with Crippen LogP contribution in [0, 0.1) is 11.6 Å². The van der Waals surface area contributed by atoms with Gasteiger partial charge in [-0.2, -0.15) is 0 Å². The summed E-state index contributed by atoms with van der Waals surface area (Å²) < 4.78 is 32.4. The first-order chi connectivity index (χ1) is 13.0. The molecule has 0 aliphatic carbocycles. The van der Waals surface area contributed by atoms with Crippen molar-refractivity contribution in [1.29, 1.82) is 0 Å². The highest BCUT2D eigenvalue weighted by Crippen LogP contribution is 2.13. The second-order valence-corrected chi connectivity index (χ2v) is 6.32. The Balaban J connectivity index is 0.00000392. The van der Waals surface area contributed by atoms with Gasteiger partial charge in [0.25, 0.3) is 0 Å². The lowest BCUT2D eigenvalue weighted by Crippen LogP contribution is -2.50. The maximum Gasteiger partial charge on any atom is 0.409 e. The Kier molecular flexibility index (Phi) is 11.1. The third-order valence-corrected chi connectivity index (χ3v) is 4.40. The number of halogens is 3. The van der Waals surface area contributed by atoms with E-state index in [1.54, 1.807) is 11.8 Å². The zero-order valence-electron chi connectivity index (χ0n) is 16.3. The van der Waals surface area contributed by atoms with E-state index in [0.29, 0.717) is 32.2 Å². The molecule has 158 valence electrons. The molecule has 0 saturated carbocycles. The molecule has 1 aromatic rings. The van der Waals surface area contributed by atoms with Crippen LogP contribution < -0.4 is 10.6 Å². The number of piperidine rings is 1. The van der Waals surface area contributed by atoms with Crippen molar-refractivity contribution in [2.45, 2.75) is 39.2 Å². The Bertz CT molecular complexity index is 633. The van der Waals surface area contributed by atoms with Crippen molar-refractivity contribution in [2.75, 3.05) is 32.8 Å². The summed E-state index contributed by atoms with van der Waals surface area (Å²) in [6.07, 6.45) is 1.48. The summed E-state index contributed by atoms with van der Waals surface area (Å²) in [6, 6.07) is 4.04. The summed E-state index contributed by atoms with van der Waals surface area (Å²) in [5.74, 6) is -0.479. The number of hydrogen-bond donors (Lipinski definition) is 2. The van der Waals surface area contributed by atoms with E-state index < -0.39 is 11.6 Å². The second-order valence-electron chi connectivity index (χ2n) is 6.32. The highest BCUT2D eigenvalue weighted by Gasteiger charge is 2.24. The van der Waals surface area contributed by atoms with Crippen molar-refractivity contribution in [1.82, 2.24) is 15.5 Å².